The van der Waals surface area contributed by atoms with Crippen LogP contribution < -0.4 is 0 Å². The van der Waals surface area contributed by atoms with E-state index in [1.807, 2.05) is 6.92 Å². The molecule has 0 aliphatic heterocycles. The van der Waals surface area contributed by atoms with Gasteiger partial charge in [0.25, 0.3) is 0 Å². The average molecular weight is 302 g/mol. The van der Waals surface area contributed by atoms with Gasteiger partial charge in [0.1, 0.15) is 0 Å². The van der Waals surface area contributed by atoms with E-state index in [1.165, 1.54) is 32.1 Å². The molecular formula is C18H38O3. The van der Waals surface area contributed by atoms with E-state index in [1.54, 1.807) is 0 Å². The molecule has 0 aliphatic carbocycles. The Bertz CT molecular complexity index is 209. The Balaban J connectivity index is 3.66. The Morgan fingerprint density at radius 3 is 2.14 bits per heavy atom. The highest BCUT2D eigenvalue weighted by molar-refractivity contribution is 4.67. The summed E-state index contributed by atoms with van der Waals surface area (Å²) in [5.74, 6) is 1.48. The van der Waals surface area contributed by atoms with E-state index in [0.29, 0.717) is 38.4 Å². The van der Waals surface area contributed by atoms with Gasteiger partial charge < -0.3 is 14.2 Å². The van der Waals surface area contributed by atoms with Gasteiger partial charge in [0.05, 0.1) is 32.5 Å². The van der Waals surface area contributed by atoms with Crippen molar-refractivity contribution >= 4 is 0 Å². The van der Waals surface area contributed by atoms with Crippen molar-refractivity contribution in [3.8, 4) is 0 Å². The monoisotopic (exact) mass is 302 g/mol. The normalized spacial score (nSPS) is 15.9. The second kappa shape index (κ2) is 14.8. The van der Waals surface area contributed by atoms with Crippen LogP contribution in [0.5, 0.6) is 0 Å². The number of rotatable bonds is 15. The van der Waals surface area contributed by atoms with Crippen molar-refractivity contribution in [3.05, 3.63) is 0 Å². The Kier molecular flexibility index (Phi) is 14.7. The lowest BCUT2D eigenvalue weighted by atomic mass is 9.87. The van der Waals surface area contributed by atoms with Crippen molar-refractivity contribution in [1.29, 1.82) is 0 Å². The lowest BCUT2D eigenvalue weighted by Gasteiger charge is -2.25. The minimum atomic E-state index is 0.316. The molecule has 0 rings (SSSR count). The maximum absolute atomic E-state index is 5.89. The molecule has 0 spiro atoms. The van der Waals surface area contributed by atoms with Crippen molar-refractivity contribution in [3.63, 3.8) is 0 Å². The molecule has 3 atom stereocenters. The molecule has 0 radical (unpaired) electrons. The quantitative estimate of drug-likeness (QED) is 0.411. The first kappa shape index (κ1) is 20.9. The first-order valence-corrected chi connectivity index (χ1v) is 8.92. The molecule has 0 aliphatic rings. The van der Waals surface area contributed by atoms with Gasteiger partial charge in [0.15, 0.2) is 0 Å². The molecule has 3 nitrogen and oxygen atoms in total. The predicted octanol–water partition coefficient (Wildman–Crippen LogP) is 4.69. The van der Waals surface area contributed by atoms with E-state index in [2.05, 4.69) is 27.7 Å². The zero-order chi connectivity index (χ0) is 15.9. The minimum Gasteiger partial charge on any atom is -0.379 e. The van der Waals surface area contributed by atoms with Gasteiger partial charge in [-0.15, -0.1) is 0 Å². The molecule has 0 saturated carbocycles. The highest BCUT2D eigenvalue weighted by atomic mass is 16.5. The van der Waals surface area contributed by atoms with Crippen molar-refractivity contribution in [1.82, 2.24) is 0 Å². The SMILES string of the molecule is CCCCC(CC)CC(C)C(C)OCCOCCOCC. The summed E-state index contributed by atoms with van der Waals surface area (Å²) in [4.78, 5) is 0. The number of unbranched alkanes of at least 4 members (excludes halogenated alkanes) is 1. The van der Waals surface area contributed by atoms with Crippen molar-refractivity contribution in [2.24, 2.45) is 11.8 Å². The van der Waals surface area contributed by atoms with Crippen LogP contribution in [-0.4, -0.2) is 39.1 Å². The molecule has 0 fully saturated rings. The summed E-state index contributed by atoms with van der Waals surface area (Å²) in [5.41, 5.74) is 0. The topological polar surface area (TPSA) is 27.7 Å². The van der Waals surface area contributed by atoms with E-state index in [4.69, 9.17) is 14.2 Å². The van der Waals surface area contributed by atoms with Gasteiger partial charge in [-0.25, -0.2) is 0 Å². The van der Waals surface area contributed by atoms with Crippen LogP contribution in [0.15, 0.2) is 0 Å². The third-order valence-corrected chi connectivity index (χ3v) is 4.23. The molecule has 128 valence electrons. The van der Waals surface area contributed by atoms with Gasteiger partial charge >= 0.3 is 0 Å². The molecule has 21 heavy (non-hydrogen) atoms. The van der Waals surface area contributed by atoms with E-state index >= 15 is 0 Å². The summed E-state index contributed by atoms with van der Waals surface area (Å²) in [6.45, 7) is 14.5. The van der Waals surface area contributed by atoms with E-state index in [-0.39, 0.29) is 0 Å². The molecule has 0 amide bonds. The smallest absolute Gasteiger partial charge is 0.0704 e. The molecule has 0 N–H and O–H groups in total. The number of hydrogen-bond donors (Lipinski definition) is 0. The van der Waals surface area contributed by atoms with Gasteiger partial charge in [-0.05, 0) is 32.1 Å². The zero-order valence-electron chi connectivity index (χ0n) is 15.0. The fraction of sp³-hybridized carbons (Fsp3) is 1.00. The lowest BCUT2D eigenvalue weighted by molar-refractivity contribution is -0.0240. The molecule has 0 bridgehead atoms. The maximum atomic E-state index is 5.89. The molecule has 0 aromatic carbocycles. The summed E-state index contributed by atoms with van der Waals surface area (Å²) in [6.07, 6.45) is 6.91. The third-order valence-electron chi connectivity index (χ3n) is 4.23. The molecule has 3 heteroatoms. The lowest BCUT2D eigenvalue weighted by Crippen LogP contribution is -2.23. The minimum absolute atomic E-state index is 0.316. The number of hydrogen-bond acceptors (Lipinski definition) is 3. The molecule has 3 unspecified atom stereocenters. The fourth-order valence-electron chi connectivity index (χ4n) is 2.52. The summed E-state index contributed by atoms with van der Waals surface area (Å²) >= 11 is 0. The average Bonchev–Trinajstić information content (AvgIpc) is 2.49. The van der Waals surface area contributed by atoms with Crippen LogP contribution in [0.3, 0.4) is 0 Å². The second-order valence-corrected chi connectivity index (χ2v) is 6.01. The van der Waals surface area contributed by atoms with Crippen LogP contribution >= 0.6 is 0 Å². The van der Waals surface area contributed by atoms with E-state index in [9.17, 15) is 0 Å². The second-order valence-electron chi connectivity index (χ2n) is 6.01. The molecule has 0 aromatic rings. The Morgan fingerprint density at radius 2 is 1.52 bits per heavy atom. The zero-order valence-corrected chi connectivity index (χ0v) is 15.0. The van der Waals surface area contributed by atoms with Crippen LogP contribution in [0, 0.1) is 11.8 Å². The van der Waals surface area contributed by atoms with Crippen LogP contribution in [0.2, 0.25) is 0 Å². The summed E-state index contributed by atoms with van der Waals surface area (Å²) in [6, 6.07) is 0. The van der Waals surface area contributed by atoms with Gasteiger partial charge in [0, 0.05) is 6.61 Å². The highest BCUT2D eigenvalue weighted by Crippen LogP contribution is 2.24. The molecule has 0 heterocycles. The Morgan fingerprint density at radius 1 is 0.857 bits per heavy atom. The van der Waals surface area contributed by atoms with Gasteiger partial charge in [-0.3, -0.25) is 0 Å². The number of ether oxygens (including phenoxy) is 3. The van der Waals surface area contributed by atoms with Crippen LogP contribution in [0.4, 0.5) is 0 Å². The molecular weight excluding hydrogens is 264 g/mol. The van der Waals surface area contributed by atoms with Crippen molar-refractivity contribution in [2.45, 2.75) is 72.8 Å². The summed E-state index contributed by atoms with van der Waals surface area (Å²) < 4.78 is 16.6. The third kappa shape index (κ3) is 12.1. The predicted molar refractivity (Wildman–Crippen MR) is 89.8 cm³/mol. The van der Waals surface area contributed by atoms with Crippen molar-refractivity contribution in [2.75, 3.05) is 33.0 Å². The standard InChI is InChI=1S/C18H38O3/c1-6-9-10-18(7-2)15-16(4)17(5)21-14-13-20-12-11-19-8-3/h16-18H,6-15H2,1-5H3. The Hall–Kier alpha value is -0.120. The van der Waals surface area contributed by atoms with Crippen LogP contribution in [0.25, 0.3) is 0 Å². The molecule has 0 saturated heterocycles. The van der Waals surface area contributed by atoms with Crippen molar-refractivity contribution < 1.29 is 14.2 Å². The van der Waals surface area contributed by atoms with Gasteiger partial charge in [0.2, 0.25) is 0 Å². The van der Waals surface area contributed by atoms with Gasteiger partial charge in [-0.2, -0.15) is 0 Å². The highest BCUT2D eigenvalue weighted by Gasteiger charge is 2.17. The first-order valence-electron chi connectivity index (χ1n) is 8.92. The first-order chi connectivity index (χ1) is 10.2. The van der Waals surface area contributed by atoms with E-state index < -0.39 is 0 Å². The van der Waals surface area contributed by atoms with Crippen LogP contribution in [0.1, 0.15) is 66.7 Å². The summed E-state index contributed by atoms with van der Waals surface area (Å²) in [7, 11) is 0. The van der Waals surface area contributed by atoms with Gasteiger partial charge in [-0.1, -0.05) is 46.5 Å². The Labute approximate surface area is 132 Å². The van der Waals surface area contributed by atoms with E-state index in [0.717, 1.165) is 12.5 Å². The largest absolute Gasteiger partial charge is 0.379 e. The molecule has 0 aromatic heterocycles. The fourth-order valence-corrected chi connectivity index (χ4v) is 2.52. The summed E-state index contributed by atoms with van der Waals surface area (Å²) in [5, 5.41) is 0. The van der Waals surface area contributed by atoms with Crippen LogP contribution in [-0.2, 0) is 14.2 Å². The maximum Gasteiger partial charge on any atom is 0.0704 e.